The summed E-state index contributed by atoms with van der Waals surface area (Å²) in [5.74, 6) is -0.768. The van der Waals surface area contributed by atoms with Crippen LogP contribution in [0.25, 0.3) is 17.0 Å². The Kier molecular flexibility index (Phi) is 5.82. The van der Waals surface area contributed by atoms with Crippen LogP contribution in [0.3, 0.4) is 0 Å². The highest BCUT2D eigenvalue weighted by molar-refractivity contribution is 7.12. The fraction of sp³-hybridized carbons (Fsp3) is 0.143. The summed E-state index contributed by atoms with van der Waals surface area (Å²) >= 11 is 0.715. The average molecular weight is 457 g/mol. The van der Waals surface area contributed by atoms with E-state index in [9.17, 15) is 18.4 Å². The first-order valence-corrected chi connectivity index (χ1v) is 10.3. The van der Waals surface area contributed by atoms with E-state index in [1.165, 1.54) is 40.9 Å². The highest BCUT2D eigenvalue weighted by atomic mass is 32.1. The van der Waals surface area contributed by atoms with Gasteiger partial charge in [0.15, 0.2) is 5.13 Å². The molecular formula is C21H17F2N5O3S. The van der Waals surface area contributed by atoms with Gasteiger partial charge in [-0.05, 0) is 44.2 Å². The third-order valence-electron chi connectivity index (χ3n) is 4.20. The fourth-order valence-corrected chi connectivity index (χ4v) is 3.49. The molecule has 0 radical (unpaired) electrons. The van der Waals surface area contributed by atoms with Crippen LogP contribution in [0.2, 0.25) is 0 Å². The molecule has 4 aromatic rings. The van der Waals surface area contributed by atoms with Gasteiger partial charge in [0.25, 0.3) is 5.91 Å². The molecule has 0 spiro atoms. The minimum atomic E-state index is -0.624. The van der Waals surface area contributed by atoms with Crippen molar-refractivity contribution >= 4 is 40.5 Å². The molecule has 8 nitrogen and oxygen atoms in total. The van der Waals surface area contributed by atoms with Gasteiger partial charge in [-0.1, -0.05) is 0 Å². The molecule has 1 aromatic carbocycles. The molecule has 0 saturated carbocycles. The molecule has 2 amide bonds. The highest BCUT2D eigenvalue weighted by Gasteiger charge is 2.15. The Balaban J connectivity index is 1.58. The lowest BCUT2D eigenvalue weighted by Gasteiger charge is -2.09. The first kappa shape index (κ1) is 21.4. The van der Waals surface area contributed by atoms with Gasteiger partial charge in [0.1, 0.15) is 5.82 Å². The van der Waals surface area contributed by atoms with Crippen LogP contribution in [-0.2, 0) is 4.74 Å². The van der Waals surface area contributed by atoms with Gasteiger partial charge >= 0.3 is 6.09 Å². The van der Waals surface area contributed by atoms with Gasteiger partial charge in [0.2, 0.25) is 5.78 Å². The van der Waals surface area contributed by atoms with Crippen LogP contribution in [0.1, 0.15) is 23.5 Å². The maximum Gasteiger partial charge on any atom is 0.411 e. The van der Waals surface area contributed by atoms with Gasteiger partial charge in [0, 0.05) is 23.6 Å². The molecule has 32 heavy (non-hydrogen) atoms. The lowest BCUT2D eigenvalue weighted by atomic mass is 10.1. The second kappa shape index (κ2) is 8.71. The highest BCUT2D eigenvalue weighted by Crippen LogP contribution is 2.27. The molecule has 0 unspecified atom stereocenters. The predicted octanol–water partition coefficient (Wildman–Crippen LogP) is 4.95. The monoisotopic (exact) mass is 457 g/mol. The molecule has 2 N–H and O–H groups in total. The van der Waals surface area contributed by atoms with Crippen molar-refractivity contribution in [2.24, 2.45) is 0 Å². The van der Waals surface area contributed by atoms with Crippen LogP contribution < -0.4 is 10.6 Å². The summed E-state index contributed by atoms with van der Waals surface area (Å²) in [6.45, 7) is 3.46. The minimum Gasteiger partial charge on any atom is -0.447 e. The predicted molar refractivity (Wildman–Crippen MR) is 116 cm³/mol. The smallest absolute Gasteiger partial charge is 0.411 e. The van der Waals surface area contributed by atoms with Gasteiger partial charge in [0.05, 0.1) is 28.6 Å². The number of anilines is 2. The lowest BCUT2D eigenvalue weighted by Crippen LogP contribution is -2.18. The van der Waals surface area contributed by atoms with Gasteiger partial charge in [-0.3, -0.25) is 14.5 Å². The molecule has 3 heterocycles. The van der Waals surface area contributed by atoms with Crippen LogP contribution in [0.15, 0.2) is 48.9 Å². The summed E-state index contributed by atoms with van der Waals surface area (Å²) < 4.78 is 34.2. The number of imidazole rings is 1. The standard InChI is InChI=1S/C21H17F2N5O3S/c1-11(2)31-21(30)26-13-8-24-20-27-16(10-28(20)9-13)14-7-12(3-4-15(14)22)25-19(29)17-5-6-18(23)32-17/h3-11H,1-2H3,(H,25,29)(H,26,30). The quantitative estimate of drug-likeness (QED) is 0.442. The SMILES string of the molecule is CC(C)OC(=O)Nc1cnc2nc(-c3cc(NC(=O)c4ccc(F)s4)ccc3F)cn2c1. The fourth-order valence-electron chi connectivity index (χ4n) is 2.87. The van der Waals surface area contributed by atoms with Crippen LogP contribution in [0.4, 0.5) is 25.0 Å². The Morgan fingerprint density at radius 1 is 1.09 bits per heavy atom. The number of rotatable bonds is 5. The van der Waals surface area contributed by atoms with Gasteiger partial charge < -0.3 is 10.1 Å². The molecule has 11 heteroatoms. The van der Waals surface area contributed by atoms with Crippen molar-refractivity contribution in [1.82, 2.24) is 14.4 Å². The number of fused-ring (bicyclic) bond motifs is 1. The molecule has 0 aliphatic heterocycles. The lowest BCUT2D eigenvalue weighted by molar-refractivity contribution is 0.103. The number of nitrogens with zero attached hydrogens (tertiary/aromatic N) is 3. The molecule has 0 bridgehead atoms. The van der Waals surface area contributed by atoms with E-state index in [4.69, 9.17) is 4.74 Å². The molecule has 4 rings (SSSR count). The number of thiophene rings is 1. The third-order valence-corrected chi connectivity index (χ3v) is 5.07. The first-order chi connectivity index (χ1) is 15.3. The molecule has 0 saturated heterocycles. The van der Waals surface area contributed by atoms with Crippen LogP contribution >= 0.6 is 11.3 Å². The zero-order valence-electron chi connectivity index (χ0n) is 16.9. The maximum atomic E-state index is 14.5. The van der Waals surface area contributed by atoms with E-state index in [1.807, 2.05) is 0 Å². The number of benzene rings is 1. The normalized spacial score (nSPS) is 11.0. The van der Waals surface area contributed by atoms with E-state index in [-0.39, 0.29) is 28.0 Å². The number of hydrogen-bond acceptors (Lipinski definition) is 6. The molecule has 164 valence electrons. The number of carbonyl (C=O) groups excluding carboxylic acids is 2. The van der Waals surface area contributed by atoms with E-state index in [0.29, 0.717) is 22.7 Å². The number of halogens is 2. The Labute approximate surface area is 184 Å². The molecule has 3 aromatic heterocycles. The zero-order valence-corrected chi connectivity index (χ0v) is 17.7. The Hall–Kier alpha value is -3.86. The number of ether oxygens (including phenoxy) is 1. The Morgan fingerprint density at radius 2 is 1.91 bits per heavy atom. The van der Waals surface area contributed by atoms with E-state index < -0.39 is 22.9 Å². The summed E-state index contributed by atoms with van der Waals surface area (Å²) in [4.78, 5) is 32.7. The number of carbonyl (C=O) groups is 2. The third kappa shape index (κ3) is 4.72. The van der Waals surface area contributed by atoms with Crippen molar-refractivity contribution < 1.29 is 23.1 Å². The topological polar surface area (TPSA) is 97.6 Å². The number of amides is 2. The minimum absolute atomic E-state index is 0.138. The summed E-state index contributed by atoms with van der Waals surface area (Å²) in [6, 6.07) is 6.60. The van der Waals surface area contributed by atoms with E-state index in [0.717, 1.165) is 0 Å². The Bertz CT molecular complexity index is 1320. The molecule has 0 atom stereocenters. The molecule has 0 aliphatic rings. The average Bonchev–Trinajstić information content (AvgIpc) is 3.34. The molecule has 0 fully saturated rings. The van der Waals surface area contributed by atoms with E-state index in [2.05, 4.69) is 20.6 Å². The van der Waals surface area contributed by atoms with Gasteiger partial charge in [-0.15, -0.1) is 11.3 Å². The summed E-state index contributed by atoms with van der Waals surface area (Å²) in [7, 11) is 0. The van der Waals surface area contributed by atoms with Crippen molar-refractivity contribution in [3.63, 3.8) is 0 Å². The molecule has 0 aliphatic carbocycles. The van der Waals surface area contributed by atoms with Crippen molar-refractivity contribution in [2.45, 2.75) is 20.0 Å². The largest absolute Gasteiger partial charge is 0.447 e. The molecular weight excluding hydrogens is 440 g/mol. The van der Waals surface area contributed by atoms with E-state index >= 15 is 0 Å². The zero-order chi connectivity index (χ0) is 22.8. The summed E-state index contributed by atoms with van der Waals surface area (Å²) in [6.07, 6.45) is 3.61. The number of aromatic nitrogens is 3. The van der Waals surface area contributed by atoms with Crippen molar-refractivity contribution in [3.05, 3.63) is 64.7 Å². The van der Waals surface area contributed by atoms with Crippen molar-refractivity contribution in [2.75, 3.05) is 10.6 Å². The summed E-state index contributed by atoms with van der Waals surface area (Å²) in [5, 5.41) is 4.70. The van der Waals surface area contributed by atoms with Gasteiger partial charge in [-0.25, -0.2) is 19.2 Å². The number of hydrogen-bond donors (Lipinski definition) is 2. The summed E-state index contributed by atoms with van der Waals surface area (Å²) in [5.41, 5.74) is 1.11. The van der Waals surface area contributed by atoms with Gasteiger partial charge in [-0.2, -0.15) is 4.39 Å². The first-order valence-electron chi connectivity index (χ1n) is 9.47. The van der Waals surface area contributed by atoms with E-state index in [1.54, 1.807) is 26.2 Å². The van der Waals surface area contributed by atoms with Crippen LogP contribution in [-0.4, -0.2) is 32.5 Å². The second-order valence-electron chi connectivity index (χ2n) is 7.01. The maximum absolute atomic E-state index is 14.5. The number of nitrogens with one attached hydrogen (secondary N) is 2. The second-order valence-corrected chi connectivity index (χ2v) is 8.04. The van der Waals surface area contributed by atoms with Crippen molar-refractivity contribution in [1.29, 1.82) is 0 Å². The Morgan fingerprint density at radius 3 is 2.62 bits per heavy atom. The van der Waals surface area contributed by atoms with Crippen molar-refractivity contribution in [3.8, 4) is 11.3 Å². The van der Waals surface area contributed by atoms with Crippen LogP contribution in [0.5, 0.6) is 0 Å². The van der Waals surface area contributed by atoms with Crippen LogP contribution in [0, 0.1) is 10.9 Å².